The lowest BCUT2D eigenvalue weighted by atomic mass is 10.3. The molecular weight excluding hydrogens is 277 g/mol. The summed E-state index contributed by atoms with van der Waals surface area (Å²) in [5.74, 6) is -0.384. The Morgan fingerprint density at radius 1 is 1.10 bits per heavy atom. The maximum atomic E-state index is 11.9. The first kappa shape index (κ1) is 16.5. The van der Waals surface area contributed by atoms with E-state index in [1.165, 1.54) is 4.90 Å². The summed E-state index contributed by atoms with van der Waals surface area (Å²) < 4.78 is 35.8. The van der Waals surface area contributed by atoms with E-state index in [-0.39, 0.29) is 18.5 Å². The summed E-state index contributed by atoms with van der Waals surface area (Å²) >= 11 is 0. The summed E-state index contributed by atoms with van der Waals surface area (Å²) in [4.78, 5) is 26.2. The van der Waals surface area contributed by atoms with Crippen LogP contribution in [0.4, 0.5) is 18.0 Å². The number of carbonyl (C=O) groups excluding carboxylic acids is 2. The van der Waals surface area contributed by atoms with Crippen LogP contribution in [0.1, 0.15) is 6.92 Å². The molecule has 0 spiro atoms. The van der Waals surface area contributed by atoms with Crippen molar-refractivity contribution < 1.29 is 22.8 Å². The van der Waals surface area contributed by atoms with Crippen LogP contribution in [0, 0.1) is 0 Å². The van der Waals surface area contributed by atoms with Gasteiger partial charge in [-0.3, -0.25) is 4.79 Å². The van der Waals surface area contributed by atoms with Crippen molar-refractivity contribution in [2.24, 2.45) is 0 Å². The van der Waals surface area contributed by atoms with Gasteiger partial charge in [0, 0.05) is 32.7 Å². The van der Waals surface area contributed by atoms with Crippen LogP contribution < -0.4 is 10.6 Å². The Labute approximate surface area is 115 Å². The molecule has 0 atom stereocenters. The first-order chi connectivity index (χ1) is 9.33. The molecule has 1 aliphatic rings. The van der Waals surface area contributed by atoms with E-state index in [1.54, 1.807) is 4.90 Å². The van der Waals surface area contributed by atoms with Crippen molar-refractivity contribution >= 4 is 11.9 Å². The number of halogens is 3. The molecule has 1 saturated heterocycles. The number of nitrogens with zero attached hydrogens (tertiary/aromatic N) is 2. The number of piperazine rings is 1. The molecule has 6 nitrogen and oxygen atoms in total. The number of carbonyl (C=O) groups is 2. The number of amides is 3. The van der Waals surface area contributed by atoms with Gasteiger partial charge < -0.3 is 20.4 Å². The second-order valence-corrected chi connectivity index (χ2v) is 4.42. The summed E-state index contributed by atoms with van der Waals surface area (Å²) in [6.45, 7) is 2.25. The summed E-state index contributed by atoms with van der Waals surface area (Å²) in [6, 6.07) is -0.185. The Kier molecular flexibility index (Phi) is 6.05. The third-order valence-electron chi connectivity index (χ3n) is 2.85. The fourth-order valence-electron chi connectivity index (χ4n) is 1.84. The number of hydrogen-bond donors (Lipinski definition) is 2. The van der Waals surface area contributed by atoms with Gasteiger partial charge in [0.05, 0.1) is 13.1 Å². The van der Waals surface area contributed by atoms with Crippen LogP contribution >= 0.6 is 0 Å². The molecule has 0 radical (unpaired) electrons. The molecule has 0 aliphatic carbocycles. The van der Waals surface area contributed by atoms with Crippen molar-refractivity contribution in [3.05, 3.63) is 0 Å². The molecule has 1 aliphatic heterocycles. The van der Waals surface area contributed by atoms with E-state index >= 15 is 0 Å². The smallest absolute Gasteiger partial charge is 0.338 e. The molecule has 1 rings (SSSR count). The molecular formula is C11H19F3N4O2. The molecule has 116 valence electrons. The molecule has 2 N–H and O–H groups in total. The van der Waals surface area contributed by atoms with Crippen LogP contribution in [0.25, 0.3) is 0 Å². The van der Waals surface area contributed by atoms with Crippen LogP contribution in [-0.2, 0) is 4.79 Å². The van der Waals surface area contributed by atoms with Crippen LogP contribution in [0.5, 0.6) is 0 Å². The molecule has 0 aromatic heterocycles. The lowest BCUT2D eigenvalue weighted by molar-refractivity contribution is -0.135. The van der Waals surface area contributed by atoms with E-state index in [4.69, 9.17) is 0 Å². The van der Waals surface area contributed by atoms with E-state index in [2.05, 4.69) is 10.6 Å². The lowest BCUT2D eigenvalue weighted by Crippen LogP contribution is -2.54. The van der Waals surface area contributed by atoms with Crippen molar-refractivity contribution in [3.8, 4) is 0 Å². The predicted molar refractivity (Wildman–Crippen MR) is 66.2 cm³/mol. The van der Waals surface area contributed by atoms with Crippen molar-refractivity contribution in [1.29, 1.82) is 0 Å². The highest BCUT2D eigenvalue weighted by molar-refractivity contribution is 5.79. The average Bonchev–Trinajstić information content (AvgIpc) is 2.37. The first-order valence-corrected chi connectivity index (χ1v) is 6.41. The molecule has 0 saturated carbocycles. The molecule has 0 aromatic rings. The van der Waals surface area contributed by atoms with Gasteiger partial charge in [-0.15, -0.1) is 0 Å². The summed E-state index contributed by atoms with van der Waals surface area (Å²) in [5.41, 5.74) is 0. The van der Waals surface area contributed by atoms with Crippen LogP contribution in [0.3, 0.4) is 0 Å². The molecule has 3 amide bonds. The van der Waals surface area contributed by atoms with Crippen molar-refractivity contribution in [1.82, 2.24) is 20.4 Å². The minimum absolute atomic E-state index is 0.185. The zero-order valence-electron chi connectivity index (χ0n) is 11.3. The molecule has 20 heavy (non-hydrogen) atoms. The Balaban J connectivity index is 2.27. The van der Waals surface area contributed by atoms with Gasteiger partial charge in [0.2, 0.25) is 5.91 Å². The zero-order valence-corrected chi connectivity index (χ0v) is 11.3. The monoisotopic (exact) mass is 296 g/mol. The van der Waals surface area contributed by atoms with Gasteiger partial charge in [-0.1, -0.05) is 0 Å². The van der Waals surface area contributed by atoms with Crippen molar-refractivity contribution in [3.63, 3.8) is 0 Å². The van der Waals surface area contributed by atoms with E-state index < -0.39 is 12.7 Å². The lowest BCUT2D eigenvalue weighted by Gasteiger charge is -2.34. The maximum absolute atomic E-state index is 11.9. The number of hydrogen-bond acceptors (Lipinski definition) is 3. The Morgan fingerprint density at radius 3 is 2.15 bits per heavy atom. The highest BCUT2D eigenvalue weighted by atomic mass is 19.4. The first-order valence-electron chi connectivity index (χ1n) is 6.41. The van der Waals surface area contributed by atoms with Gasteiger partial charge in [-0.25, -0.2) is 4.79 Å². The van der Waals surface area contributed by atoms with Crippen LogP contribution in [0.2, 0.25) is 0 Å². The number of alkyl halides is 3. The number of rotatable bonds is 4. The normalized spacial score (nSPS) is 16.2. The second-order valence-electron chi connectivity index (χ2n) is 4.42. The van der Waals surface area contributed by atoms with Gasteiger partial charge in [0.1, 0.15) is 0 Å². The van der Waals surface area contributed by atoms with Gasteiger partial charge in [-0.05, 0) is 6.92 Å². The molecule has 0 bridgehead atoms. The molecule has 9 heteroatoms. The predicted octanol–water partition coefficient (Wildman–Crippen LogP) is 0.0120. The fraction of sp³-hybridized carbons (Fsp3) is 0.818. The van der Waals surface area contributed by atoms with E-state index in [0.717, 1.165) is 0 Å². The zero-order chi connectivity index (χ0) is 15.2. The number of nitrogens with one attached hydrogen (secondary N) is 2. The van der Waals surface area contributed by atoms with Crippen molar-refractivity contribution in [2.45, 2.75) is 13.1 Å². The van der Waals surface area contributed by atoms with Gasteiger partial charge >= 0.3 is 12.2 Å². The molecule has 0 aromatic carbocycles. The largest absolute Gasteiger partial charge is 0.401 e. The molecule has 1 heterocycles. The minimum atomic E-state index is -4.32. The minimum Gasteiger partial charge on any atom is -0.338 e. The van der Waals surface area contributed by atoms with Crippen molar-refractivity contribution in [2.75, 3.05) is 45.8 Å². The Bertz CT molecular complexity index is 341. The molecule has 0 unspecified atom stereocenters. The van der Waals surface area contributed by atoms with E-state index in [0.29, 0.717) is 32.7 Å². The number of urea groups is 1. The summed E-state index contributed by atoms with van der Waals surface area (Å²) in [5, 5.41) is 4.72. The van der Waals surface area contributed by atoms with Gasteiger partial charge in [-0.2, -0.15) is 13.2 Å². The Hall–Kier alpha value is -1.51. The van der Waals surface area contributed by atoms with Gasteiger partial charge in [0.25, 0.3) is 0 Å². The molecule has 1 fully saturated rings. The van der Waals surface area contributed by atoms with E-state index in [9.17, 15) is 22.8 Å². The second kappa shape index (κ2) is 7.32. The third kappa shape index (κ3) is 5.64. The third-order valence-corrected chi connectivity index (χ3v) is 2.85. The summed E-state index contributed by atoms with van der Waals surface area (Å²) in [6.07, 6.45) is -4.32. The highest BCUT2D eigenvalue weighted by Gasteiger charge is 2.28. The van der Waals surface area contributed by atoms with Gasteiger partial charge in [0.15, 0.2) is 0 Å². The summed E-state index contributed by atoms with van der Waals surface area (Å²) in [7, 11) is 0. The fourth-order valence-corrected chi connectivity index (χ4v) is 1.84. The quantitative estimate of drug-likeness (QED) is 0.768. The van der Waals surface area contributed by atoms with Crippen LogP contribution in [0.15, 0.2) is 0 Å². The topological polar surface area (TPSA) is 64.7 Å². The average molecular weight is 296 g/mol. The Morgan fingerprint density at radius 2 is 1.65 bits per heavy atom. The standard InChI is InChI=1S/C11H19F3N4O2/c1-2-16-10(20)18-5-3-17(4-6-18)9(19)7-15-8-11(12,13)14/h15H,2-8H2,1H3,(H,16,20). The van der Waals surface area contributed by atoms with E-state index in [1.807, 2.05) is 6.92 Å². The highest BCUT2D eigenvalue weighted by Crippen LogP contribution is 2.12. The van der Waals surface area contributed by atoms with Crippen LogP contribution in [-0.4, -0.2) is 73.7 Å². The SMILES string of the molecule is CCNC(=O)N1CCN(C(=O)CNCC(F)(F)F)CC1. The maximum Gasteiger partial charge on any atom is 0.401 e.